The Morgan fingerprint density at radius 1 is 1.07 bits per heavy atom. The maximum absolute atomic E-state index is 13.6. The number of nitrogens with one attached hydrogen (secondary N) is 2. The van der Waals surface area contributed by atoms with Crippen molar-refractivity contribution < 1.29 is 18.4 Å². The van der Waals surface area contributed by atoms with Crippen LogP contribution in [0.5, 0.6) is 0 Å². The van der Waals surface area contributed by atoms with E-state index < -0.39 is 17.5 Å². The molecule has 0 saturated heterocycles. The molecule has 1 aromatic heterocycles. The quantitative estimate of drug-likeness (QED) is 0.561. The van der Waals surface area contributed by atoms with Crippen LogP contribution in [0.1, 0.15) is 22.3 Å². The Morgan fingerprint density at radius 2 is 1.87 bits per heavy atom. The Hall–Kier alpha value is -2.97. The molecule has 2 N–H and O–H groups in total. The predicted molar refractivity (Wildman–Crippen MR) is 110 cm³/mol. The second kappa shape index (κ2) is 9.69. The van der Waals surface area contributed by atoms with E-state index in [1.807, 2.05) is 0 Å². The largest absolute Gasteiger partial charge is 0.351 e. The van der Waals surface area contributed by atoms with Crippen molar-refractivity contribution >= 4 is 40.8 Å². The summed E-state index contributed by atoms with van der Waals surface area (Å²) in [5.41, 5.74) is 0.476. The number of anilines is 1. The fourth-order valence-corrected chi connectivity index (χ4v) is 3.11. The lowest BCUT2D eigenvalue weighted by Gasteiger charge is -2.11. The molecule has 0 unspecified atom stereocenters. The van der Waals surface area contributed by atoms with Gasteiger partial charge in [-0.05, 0) is 29.8 Å². The molecule has 0 saturated carbocycles. The van der Waals surface area contributed by atoms with Crippen LogP contribution >= 0.6 is 23.2 Å². The molecule has 0 aliphatic rings. The summed E-state index contributed by atoms with van der Waals surface area (Å²) in [5, 5.41) is 10.3. The molecule has 2 amide bonds. The number of carbonyl (C=O) groups is 2. The minimum atomic E-state index is -0.971. The van der Waals surface area contributed by atoms with Crippen molar-refractivity contribution in [3.8, 4) is 0 Å². The zero-order chi connectivity index (χ0) is 21.7. The van der Waals surface area contributed by atoms with Gasteiger partial charge in [-0.3, -0.25) is 9.59 Å². The van der Waals surface area contributed by atoms with Crippen molar-refractivity contribution in [2.45, 2.75) is 13.0 Å². The SMILES string of the molecule is O=C(CCNC(=O)c1ccc(F)cc1F)Nc1ccnn1Cc1ccc(Cl)cc1Cl. The molecular formula is C20H16Cl2F2N4O2. The summed E-state index contributed by atoms with van der Waals surface area (Å²) in [6.07, 6.45) is 1.47. The van der Waals surface area contributed by atoms with Crippen molar-refractivity contribution in [3.63, 3.8) is 0 Å². The van der Waals surface area contributed by atoms with Gasteiger partial charge < -0.3 is 10.6 Å². The molecule has 0 bridgehead atoms. The van der Waals surface area contributed by atoms with Gasteiger partial charge in [-0.25, -0.2) is 13.5 Å². The van der Waals surface area contributed by atoms with Crippen LogP contribution in [0.3, 0.4) is 0 Å². The standard InChI is InChI=1S/C20H16Cl2F2N4O2/c21-13-2-1-12(16(22)9-13)11-28-18(5-8-26-28)27-19(29)6-7-25-20(30)15-4-3-14(23)10-17(15)24/h1-5,8-10H,6-7,11H2,(H,25,30)(H,27,29). The van der Waals surface area contributed by atoms with Crippen LogP contribution < -0.4 is 10.6 Å². The van der Waals surface area contributed by atoms with Gasteiger partial charge >= 0.3 is 0 Å². The fourth-order valence-electron chi connectivity index (χ4n) is 2.64. The number of carbonyl (C=O) groups excluding carboxylic acids is 2. The van der Waals surface area contributed by atoms with E-state index in [9.17, 15) is 18.4 Å². The highest BCUT2D eigenvalue weighted by molar-refractivity contribution is 6.35. The van der Waals surface area contributed by atoms with Crippen LogP contribution in [0.25, 0.3) is 0 Å². The van der Waals surface area contributed by atoms with Crippen molar-refractivity contribution in [2.24, 2.45) is 0 Å². The van der Waals surface area contributed by atoms with E-state index >= 15 is 0 Å². The van der Waals surface area contributed by atoms with Crippen LogP contribution in [-0.2, 0) is 11.3 Å². The first-order chi connectivity index (χ1) is 14.3. The number of rotatable bonds is 7. The summed E-state index contributed by atoms with van der Waals surface area (Å²) in [4.78, 5) is 24.1. The molecule has 0 atom stereocenters. The first-order valence-electron chi connectivity index (χ1n) is 8.82. The van der Waals surface area contributed by atoms with Crippen LogP contribution in [0.15, 0.2) is 48.7 Å². The smallest absolute Gasteiger partial charge is 0.254 e. The number of aromatic nitrogens is 2. The summed E-state index contributed by atoms with van der Waals surface area (Å²) in [6.45, 7) is 0.290. The van der Waals surface area contributed by atoms with E-state index in [1.54, 1.807) is 28.9 Å². The van der Waals surface area contributed by atoms with Crippen LogP contribution in [-0.4, -0.2) is 28.1 Å². The second-order valence-electron chi connectivity index (χ2n) is 6.29. The Balaban J connectivity index is 1.53. The third-order valence-electron chi connectivity index (χ3n) is 4.13. The fraction of sp³-hybridized carbons (Fsp3) is 0.150. The zero-order valence-corrected chi connectivity index (χ0v) is 17.0. The van der Waals surface area contributed by atoms with Gasteiger partial charge in [0.2, 0.25) is 5.91 Å². The molecule has 3 aromatic rings. The van der Waals surface area contributed by atoms with Gasteiger partial charge in [0.1, 0.15) is 17.5 Å². The Labute approximate surface area is 180 Å². The number of benzene rings is 2. The summed E-state index contributed by atoms with van der Waals surface area (Å²) in [6, 6.07) is 9.36. The molecule has 1 heterocycles. The highest BCUT2D eigenvalue weighted by Gasteiger charge is 2.14. The second-order valence-corrected chi connectivity index (χ2v) is 7.13. The minimum Gasteiger partial charge on any atom is -0.351 e. The molecule has 3 rings (SSSR count). The summed E-state index contributed by atoms with van der Waals surface area (Å²) >= 11 is 12.1. The van der Waals surface area contributed by atoms with E-state index in [0.29, 0.717) is 28.5 Å². The summed E-state index contributed by atoms with van der Waals surface area (Å²) in [7, 11) is 0. The van der Waals surface area contributed by atoms with Crippen molar-refractivity contribution in [1.29, 1.82) is 0 Å². The molecule has 0 spiro atoms. The summed E-state index contributed by atoms with van der Waals surface area (Å²) in [5.74, 6) is -2.41. The molecular weight excluding hydrogens is 437 g/mol. The van der Waals surface area contributed by atoms with Gasteiger partial charge in [0.25, 0.3) is 5.91 Å². The van der Waals surface area contributed by atoms with E-state index in [-0.39, 0.29) is 24.4 Å². The average molecular weight is 453 g/mol. The molecule has 0 radical (unpaired) electrons. The number of hydrogen-bond acceptors (Lipinski definition) is 3. The maximum atomic E-state index is 13.6. The topological polar surface area (TPSA) is 76.0 Å². The number of hydrogen-bond donors (Lipinski definition) is 2. The maximum Gasteiger partial charge on any atom is 0.254 e. The molecule has 2 aromatic carbocycles. The normalized spacial score (nSPS) is 10.7. The first kappa shape index (κ1) is 21.7. The Bertz CT molecular complexity index is 1090. The zero-order valence-electron chi connectivity index (χ0n) is 15.5. The molecule has 0 fully saturated rings. The van der Waals surface area contributed by atoms with Gasteiger partial charge in [0.15, 0.2) is 0 Å². The molecule has 0 aliphatic carbocycles. The monoisotopic (exact) mass is 452 g/mol. The van der Waals surface area contributed by atoms with Crippen LogP contribution in [0, 0.1) is 11.6 Å². The lowest BCUT2D eigenvalue weighted by Crippen LogP contribution is -2.28. The van der Waals surface area contributed by atoms with Crippen LogP contribution in [0.2, 0.25) is 10.0 Å². The molecule has 156 valence electrons. The predicted octanol–water partition coefficient (Wildman–Crippen LogP) is 4.28. The Morgan fingerprint density at radius 3 is 2.60 bits per heavy atom. The average Bonchev–Trinajstić information content (AvgIpc) is 3.10. The number of nitrogens with zero attached hydrogens (tertiary/aromatic N) is 2. The molecule has 10 heteroatoms. The van der Waals surface area contributed by atoms with Crippen molar-refractivity contribution in [2.75, 3.05) is 11.9 Å². The molecule has 6 nitrogen and oxygen atoms in total. The van der Waals surface area contributed by atoms with Crippen molar-refractivity contribution in [3.05, 3.63) is 81.5 Å². The van der Waals surface area contributed by atoms with Crippen molar-refractivity contribution in [1.82, 2.24) is 15.1 Å². The van der Waals surface area contributed by atoms with Gasteiger partial charge in [-0.15, -0.1) is 0 Å². The number of amides is 2. The highest BCUT2D eigenvalue weighted by Crippen LogP contribution is 2.22. The van der Waals surface area contributed by atoms with Gasteiger partial charge in [0.05, 0.1) is 18.3 Å². The third-order valence-corrected chi connectivity index (χ3v) is 4.72. The van der Waals surface area contributed by atoms with Crippen LogP contribution in [0.4, 0.5) is 14.6 Å². The number of halogens is 4. The van der Waals surface area contributed by atoms with E-state index in [4.69, 9.17) is 23.2 Å². The van der Waals surface area contributed by atoms with E-state index in [0.717, 1.165) is 17.7 Å². The molecule has 0 aliphatic heterocycles. The lowest BCUT2D eigenvalue weighted by atomic mass is 10.2. The van der Waals surface area contributed by atoms with Gasteiger partial charge in [0, 0.05) is 35.1 Å². The van der Waals surface area contributed by atoms with Gasteiger partial charge in [-0.2, -0.15) is 5.10 Å². The lowest BCUT2D eigenvalue weighted by molar-refractivity contribution is -0.116. The van der Waals surface area contributed by atoms with Gasteiger partial charge in [-0.1, -0.05) is 29.3 Å². The van der Waals surface area contributed by atoms with E-state index in [2.05, 4.69) is 15.7 Å². The minimum absolute atomic E-state index is 0.0291. The first-order valence-corrected chi connectivity index (χ1v) is 9.58. The molecule has 30 heavy (non-hydrogen) atoms. The Kier molecular flexibility index (Phi) is 7.02. The highest BCUT2D eigenvalue weighted by atomic mass is 35.5. The van der Waals surface area contributed by atoms with E-state index in [1.165, 1.54) is 6.20 Å². The summed E-state index contributed by atoms with van der Waals surface area (Å²) < 4.78 is 28.1. The third kappa shape index (κ3) is 5.55.